The molecule has 1 aromatic heterocycles. The Morgan fingerprint density at radius 2 is 2.11 bits per heavy atom. The van der Waals surface area contributed by atoms with Gasteiger partial charge in [0, 0.05) is 21.3 Å². The predicted octanol–water partition coefficient (Wildman–Crippen LogP) is 4.06. The molecule has 0 saturated heterocycles. The smallest absolute Gasteiger partial charge is 0.257 e. The second-order valence-electron chi connectivity index (χ2n) is 3.78. The van der Waals surface area contributed by atoms with Gasteiger partial charge in [0.2, 0.25) is 0 Å². The Balaban J connectivity index is 2.21. The van der Waals surface area contributed by atoms with Crippen LogP contribution >= 0.6 is 27.5 Å². The molecule has 1 amide bonds. The zero-order chi connectivity index (χ0) is 13.1. The van der Waals surface area contributed by atoms with Crippen LogP contribution < -0.4 is 5.32 Å². The van der Waals surface area contributed by atoms with Crippen LogP contribution in [0.1, 0.15) is 15.9 Å². The Bertz CT molecular complexity index is 584. The van der Waals surface area contributed by atoms with Crippen LogP contribution in [-0.4, -0.2) is 10.9 Å². The fraction of sp³-hybridized carbons (Fsp3) is 0.0769. The van der Waals surface area contributed by atoms with E-state index >= 15 is 0 Å². The summed E-state index contributed by atoms with van der Waals surface area (Å²) in [5.74, 6) is 0.285. The molecule has 0 atom stereocenters. The van der Waals surface area contributed by atoms with Gasteiger partial charge in [0.1, 0.15) is 5.82 Å². The van der Waals surface area contributed by atoms with Crippen LogP contribution in [0.15, 0.2) is 41.0 Å². The summed E-state index contributed by atoms with van der Waals surface area (Å²) in [6.45, 7) is 1.86. The van der Waals surface area contributed by atoms with Crippen molar-refractivity contribution < 1.29 is 4.79 Å². The molecule has 3 nitrogen and oxygen atoms in total. The normalized spacial score (nSPS) is 10.2. The fourth-order valence-electron chi connectivity index (χ4n) is 1.47. The highest BCUT2D eigenvalue weighted by Crippen LogP contribution is 2.17. The number of nitrogens with zero attached hydrogens (tertiary/aromatic N) is 1. The average Bonchev–Trinajstić information content (AvgIpc) is 2.35. The first-order valence-electron chi connectivity index (χ1n) is 5.25. The molecule has 1 heterocycles. The third-order valence-corrected chi connectivity index (χ3v) is 3.12. The molecule has 0 aliphatic rings. The molecular weight excluding hydrogens is 316 g/mol. The lowest BCUT2D eigenvalue weighted by molar-refractivity contribution is 0.102. The van der Waals surface area contributed by atoms with Gasteiger partial charge in [-0.3, -0.25) is 4.79 Å². The van der Waals surface area contributed by atoms with E-state index in [0.717, 1.165) is 10.0 Å². The first kappa shape index (κ1) is 13.1. The molecule has 1 aromatic carbocycles. The summed E-state index contributed by atoms with van der Waals surface area (Å²) >= 11 is 9.17. The van der Waals surface area contributed by atoms with E-state index in [9.17, 15) is 4.79 Å². The van der Waals surface area contributed by atoms with Crippen LogP contribution in [0, 0.1) is 6.92 Å². The Hall–Kier alpha value is -1.39. The summed E-state index contributed by atoms with van der Waals surface area (Å²) in [4.78, 5) is 16.1. The predicted molar refractivity (Wildman–Crippen MR) is 76.1 cm³/mol. The van der Waals surface area contributed by atoms with Gasteiger partial charge in [0.15, 0.2) is 0 Å². The maximum Gasteiger partial charge on any atom is 0.257 e. The Morgan fingerprint density at radius 1 is 1.33 bits per heavy atom. The molecule has 0 unspecified atom stereocenters. The molecule has 5 heteroatoms. The number of aryl methyl sites for hydroxylation is 1. The minimum Gasteiger partial charge on any atom is -0.307 e. The molecule has 1 N–H and O–H groups in total. The first-order valence-corrected chi connectivity index (χ1v) is 6.42. The van der Waals surface area contributed by atoms with Gasteiger partial charge in [0.05, 0.1) is 0 Å². The minimum absolute atomic E-state index is 0.218. The number of nitrogens with one attached hydrogen (secondary N) is 1. The molecule has 0 aliphatic carbocycles. The lowest BCUT2D eigenvalue weighted by Gasteiger charge is -2.07. The largest absolute Gasteiger partial charge is 0.307 e. The van der Waals surface area contributed by atoms with Gasteiger partial charge in [0.25, 0.3) is 5.91 Å². The van der Waals surface area contributed by atoms with Crippen LogP contribution in [0.4, 0.5) is 5.82 Å². The van der Waals surface area contributed by atoms with Gasteiger partial charge in [-0.2, -0.15) is 0 Å². The topological polar surface area (TPSA) is 42.0 Å². The Morgan fingerprint density at radius 3 is 2.78 bits per heavy atom. The van der Waals surface area contributed by atoms with Crippen molar-refractivity contribution in [2.75, 3.05) is 5.32 Å². The number of pyridine rings is 1. The molecule has 0 fully saturated rings. The van der Waals surface area contributed by atoms with Crippen molar-refractivity contribution in [2.45, 2.75) is 6.92 Å². The number of benzene rings is 1. The fourth-order valence-corrected chi connectivity index (χ4v) is 1.88. The van der Waals surface area contributed by atoms with Crippen molar-refractivity contribution in [3.05, 3.63) is 57.2 Å². The number of anilines is 1. The van der Waals surface area contributed by atoms with Crippen molar-refractivity contribution in [1.82, 2.24) is 4.98 Å². The van der Waals surface area contributed by atoms with Gasteiger partial charge >= 0.3 is 0 Å². The van der Waals surface area contributed by atoms with Crippen molar-refractivity contribution in [2.24, 2.45) is 0 Å². The first-order chi connectivity index (χ1) is 8.56. The Labute approximate surface area is 118 Å². The van der Waals surface area contributed by atoms with Crippen molar-refractivity contribution in [1.29, 1.82) is 0 Å². The number of carbonyl (C=O) groups excluding carboxylic acids is 1. The number of aromatic nitrogens is 1. The number of hydrogen-bond acceptors (Lipinski definition) is 2. The van der Waals surface area contributed by atoms with Crippen molar-refractivity contribution in [3.63, 3.8) is 0 Å². The molecule has 0 spiro atoms. The van der Waals surface area contributed by atoms with E-state index in [4.69, 9.17) is 11.6 Å². The van der Waals surface area contributed by atoms with Crippen LogP contribution in [0.25, 0.3) is 0 Å². The third kappa shape index (κ3) is 3.09. The second-order valence-corrected chi connectivity index (χ2v) is 5.13. The van der Waals surface area contributed by atoms with Gasteiger partial charge in [-0.25, -0.2) is 4.98 Å². The van der Waals surface area contributed by atoms with Crippen LogP contribution in [0.2, 0.25) is 5.02 Å². The number of carbonyl (C=O) groups is 1. The van der Waals surface area contributed by atoms with Gasteiger partial charge in [-0.15, -0.1) is 0 Å². The van der Waals surface area contributed by atoms with E-state index in [2.05, 4.69) is 26.2 Å². The highest BCUT2D eigenvalue weighted by molar-refractivity contribution is 9.10. The third-order valence-electron chi connectivity index (χ3n) is 2.41. The lowest BCUT2D eigenvalue weighted by atomic mass is 10.1. The highest BCUT2D eigenvalue weighted by Gasteiger charge is 2.10. The number of hydrogen-bond donors (Lipinski definition) is 1. The maximum atomic E-state index is 12.1. The highest BCUT2D eigenvalue weighted by atomic mass is 79.9. The molecule has 18 heavy (non-hydrogen) atoms. The van der Waals surface area contributed by atoms with Crippen molar-refractivity contribution >= 4 is 39.3 Å². The van der Waals surface area contributed by atoms with E-state index in [1.165, 1.54) is 0 Å². The molecular formula is C13H10BrClN2O. The van der Waals surface area contributed by atoms with Crippen molar-refractivity contribution in [3.8, 4) is 0 Å². The second kappa shape index (κ2) is 5.50. The summed E-state index contributed by atoms with van der Waals surface area (Å²) in [6.07, 6.45) is 1.63. The van der Waals surface area contributed by atoms with Gasteiger partial charge < -0.3 is 5.32 Å². The van der Waals surface area contributed by atoms with Gasteiger partial charge in [-0.1, -0.05) is 17.7 Å². The quantitative estimate of drug-likeness (QED) is 0.905. The summed E-state index contributed by atoms with van der Waals surface area (Å²) in [5.41, 5.74) is 1.42. The van der Waals surface area contributed by atoms with E-state index in [1.54, 1.807) is 24.4 Å². The van der Waals surface area contributed by atoms with Crippen LogP contribution in [0.3, 0.4) is 0 Å². The van der Waals surface area contributed by atoms with E-state index in [1.807, 2.05) is 19.1 Å². The zero-order valence-corrected chi connectivity index (χ0v) is 11.9. The number of amides is 1. The number of halogens is 2. The molecule has 2 rings (SSSR count). The monoisotopic (exact) mass is 324 g/mol. The van der Waals surface area contributed by atoms with Gasteiger partial charge in [-0.05, 0) is 52.7 Å². The molecule has 0 bridgehead atoms. The summed E-state index contributed by atoms with van der Waals surface area (Å²) in [7, 11) is 0. The molecule has 0 saturated carbocycles. The molecule has 0 radical (unpaired) electrons. The summed E-state index contributed by atoms with van der Waals surface area (Å²) in [5, 5.41) is 3.26. The van der Waals surface area contributed by atoms with E-state index < -0.39 is 0 Å². The SMILES string of the molecule is Cc1ccc(Cl)cc1C(=O)Nc1ccc(Br)cn1. The minimum atomic E-state index is -0.218. The van der Waals surface area contributed by atoms with Crippen LogP contribution in [0.5, 0.6) is 0 Å². The number of rotatable bonds is 2. The Kier molecular flexibility index (Phi) is 3.99. The summed E-state index contributed by atoms with van der Waals surface area (Å²) in [6, 6.07) is 8.75. The van der Waals surface area contributed by atoms with Crippen LogP contribution in [-0.2, 0) is 0 Å². The molecule has 2 aromatic rings. The lowest BCUT2D eigenvalue weighted by Crippen LogP contribution is -2.14. The van der Waals surface area contributed by atoms with E-state index in [0.29, 0.717) is 16.4 Å². The summed E-state index contributed by atoms with van der Waals surface area (Å²) < 4.78 is 0.861. The zero-order valence-electron chi connectivity index (χ0n) is 9.58. The molecule has 0 aliphatic heterocycles. The maximum absolute atomic E-state index is 12.1. The standard InChI is InChI=1S/C13H10BrClN2O/c1-8-2-4-10(15)6-11(8)13(18)17-12-5-3-9(14)7-16-12/h2-7H,1H3,(H,16,17,18). The van der Waals surface area contributed by atoms with E-state index in [-0.39, 0.29) is 5.91 Å². The average molecular weight is 326 g/mol. The molecule has 92 valence electrons.